The number of nitrogens with two attached hydrogens (primary N) is 1. The molecule has 1 amide bonds. The van der Waals surface area contributed by atoms with Gasteiger partial charge in [0.25, 0.3) is 0 Å². The van der Waals surface area contributed by atoms with Crippen molar-refractivity contribution in [3.8, 4) is 11.5 Å². The SMILES string of the molecule is CC(=O)NCc1ccc(-c2csc(NC(N)=S)n2)o1. The molecule has 0 unspecified atom stereocenters. The Morgan fingerprint density at radius 1 is 1.58 bits per heavy atom. The fourth-order valence-electron chi connectivity index (χ4n) is 1.37. The van der Waals surface area contributed by atoms with Gasteiger partial charge in [0.2, 0.25) is 5.91 Å². The zero-order chi connectivity index (χ0) is 13.8. The van der Waals surface area contributed by atoms with Crippen molar-refractivity contribution in [3.05, 3.63) is 23.3 Å². The largest absolute Gasteiger partial charge is 0.458 e. The summed E-state index contributed by atoms with van der Waals surface area (Å²) in [7, 11) is 0. The molecule has 0 aliphatic heterocycles. The minimum Gasteiger partial charge on any atom is -0.458 e. The molecule has 8 heteroatoms. The Morgan fingerprint density at radius 3 is 3.05 bits per heavy atom. The van der Waals surface area contributed by atoms with Crippen molar-refractivity contribution in [1.29, 1.82) is 0 Å². The van der Waals surface area contributed by atoms with Crippen LogP contribution in [0.1, 0.15) is 12.7 Å². The average molecular weight is 296 g/mol. The van der Waals surface area contributed by atoms with Crippen LogP contribution in [0.25, 0.3) is 11.5 Å². The lowest BCUT2D eigenvalue weighted by Gasteiger charge is -1.97. The van der Waals surface area contributed by atoms with Crippen LogP contribution in [0.3, 0.4) is 0 Å². The summed E-state index contributed by atoms with van der Waals surface area (Å²) in [4.78, 5) is 15.1. The Balaban J connectivity index is 2.07. The van der Waals surface area contributed by atoms with Crippen molar-refractivity contribution >= 4 is 39.7 Å². The van der Waals surface area contributed by atoms with E-state index in [9.17, 15) is 4.79 Å². The van der Waals surface area contributed by atoms with E-state index in [0.717, 1.165) is 0 Å². The lowest BCUT2D eigenvalue weighted by molar-refractivity contribution is -0.119. The van der Waals surface area contributed by atoms with E-state index in [0.29, 0.717) is 28.9 Å². The van der Waals surface area contributed by atoms with Crippen LogP contribution in [0.4, 0.5) is 5.13 Å². The highest BCUT2D eigenvalue weighted by Crippen LogP contribution is 2.26. The first-order valence-electron chi connectivity index (χ1n) is 5.40. The number of furan rings is 1. The zero-order valence-electron chi connectivity index (χ0n) is 10.1. The number of aromatic nitrogens is 1. The standard InChI is InChI=1S/C11H12N4O2S2/c1-6(16)13-4-7-2-3-9(17-7)8-5-19-11(14-8)15-10(12)18/h2-3,5H,4H2,1H3,(H,13,16)(H3,12,14,15,18). The van der Waals surface area contributed by atoms with E-state index >= 15 is 0 Å². The summed E-state index contributed by atoms with van der Waals surface area (Å²) in [5, 5.41) is 8.04. The van der Waals surface area contributed by atoms with Crippen LogP contribution in [0.2, 0.25) is 0 Å². The normalized spacial score (nSPS) is 10.2. The van der Waals surface area contributed by atoms with E-state index in [1.165, 1.54) is 18.3 Å². The molecular formula is C11H12N4O2S2. The fraction of sp³-hybridized carbons (Fsp3) is 0.182. The maximum Gasteiger partial charge on any atom is 0.217 e. The number of thiazole rings is 1. The summed E-state index contributed by atoms with van der Waals surface area (Å²) in [6.45, 7) is 1.81. The van der Waals surface area contributed by atoms with Crippen molar-refractivity contribution in [2.24, 2.45) is 5.73 Å². The van der Waals surface area contributed by atoms with Gasteiger partial charge in [0.05, 0.1) is 6.54 Å². The number of hydrogen-bond donors (Lipinski definition) is 3. The molecule has 6 nitrogen and oxygen atoms in total. The second kappa shape index (κ2) is 5.81. The number of thiocarbonyl (C=S) groups is 1. The molecule has 2 rings (SSSR count). The Hall–Kier alpha value is -1.93. The fourth-order valence-corrected chi connectivity index (χ4v) is 2.25. The molecule has 0 spiro atoms. The second-order valence-electron chi connectivity index (χ2n) is 3.70. The molecule has 100 valence electrons. The van der Waals surface area contributed by atoms with E-state index < -0.39 is 0 Å². The molecule has 0 aliphatic rings. The lowest BCUT2D eigenvalue weighted by Crippen LogP contribution is -2.18. The van der Waals surface area contributed by atoms with Crippen molar-refractivity contribution in [2.75, 3.05) is 5.32 Å². The van der Waals surface area contributed by atoms with Crippen LogP contribution in [0, 0.1) is 0 Å². The van der Waals surface area contributed by atoms with E-state index in [4.69, 9.17) is 22.4 Å². The van der Waals surface area contributed by atoms with E-state index in [-0.39, 0.29) is 11.0 Å². The summed E-state index contributed by atoms with van der Waals surface area (Å²) in [6.07, 6.45) is 0. The lowest BCUT2D eigenvalue weighted by atomic mass is 10.3. The minimum atomic E-state index is -0.102. The summed E-state index contributed by atoms with van der Waals surface area (Å²) in [6, 6.07) is 3.60. The summed E-state index contributed by atoms with van der Waals surface area (Å²) < 4.78 is 5.58. The topological polar surface area (TPSA) is 93.2 Å². The van der Waals surface area contributed by atoms with Crippen LogP contribution in [0.15, 0.2) is 21.9 Å². The van der Waals surface area contributed by atoms with Gasteiger partial charge in [-0.05, 0) is 24.4 Å². The Kier molecular flexibility index (Phi) is 4.13. The molecule has 0 aliphatic carbocycles. The third kappa shape index (κ3) is 3.76. The molecule has 4 N–H and O–H groups in total. The maximum absolute atomic E-state index is 10.8. The van der Waals surface area contributed by atoms with Crippen molar-refractivity contribution in [2.45, 2.75) is 13.5 Å². The van der Waals surface area contributed by atoms with Crippen molar-refractivity contribution in [3.63, 3.8) is 0 Å². The van der Waals surface area contributed by atoms with Gasteiger partial charge in [0.15, 0.2) is 16.0 Å². The molecule has 0 atom stereocenters. The molecule has 0 aromatic carbocycles. The van der Waals surface area contributed by atoms with Crippen LogP contribution in [-0.2, 0) is 11.3 Å². The number of hydrogen-bond acceptors (Lipinski definition) is 5. The predicted molar refractivity (Wildman–Crippen MR) is 77.7 cm³/mol. The maximum atomic E-state index is 10.8. The van der Waals surface area contributed by atoms with Crippen LogP contribution < -0.4 is 16.4 Å². The van der Waals surface area contributed by atoms with Gasteiger partial charge in [0, 0.05) is 12.3 Å². The summed E-state index contributed by atoms with van der Waals surface area (Å²) in [5.41, 5.74) is 6.06. The highest BCUT2D eigenvalue weighted by molar-refractivity contribution is 7.80. The van der Waals surface area contributed by atoms with Crippen molar-refractivity contribution < 1.29 is 9.21 Å². The molecule has 0 fully saturated rings. The minimum absolute atomic E-state index is 0.102. The molecule has 0 saturated heterocycles. The van der Waals surface area contributed by atoms with Gasteiger partial charge in [-0.1, -0.05) is 0 Å². The highest BCUT2D eigenvalue weighted by atomic mass is 32.1. The van der Waals surface area contributed by atoms with Crippen LogP contribution >= 0.6 is 23.6 Å². The van der Waals surface area contributed by atoms with Gasteiger partial charge < -0.3 is 20.8 Å². The number of amides is 1. The van der Waals surface area contributed by atoms with E-state index in [1.807, 2.05) is 5.38 Å². The third-order valence-electron chi connectivity index (χ3n) is 2.16. The summed E-state index contributed by atoms with van der Waals surface area (Å²) in [5.74, 6) is 1.20. The Morgan fingerprint density at radius 2 is 2.37 bits per heavy atom. The van der Waals surface area contributed by atoms with Gasteiger partial charge in [-0.2, -0.15) is 0 Å². The average Bonchev–Trinajstić information content (AvgIpc) is 2.93. The zero-order valence-corrected chi connectivity index (χ0v) is 11.7. The predicted octanol–water partition coefficient (Wildman–Crippen LogP) is 1.69. The number of carbonyl (C=O) groups excluding carboxylic acids is 1. The van der Waals surface area contributed by atoms with Gasteiger partial charge in [-0.25, -0.2) is 4.98 Å². The molecule has 0 radical (unpaired) electrons. The molecule has 2 aromatic heterocycles. The Labute approximate surface area is 119 Å². The van der Waals surface area contributed by atoms with Crippen LogP contribution in [0.5, 0.6) is 0 Å². The van der Waals surface area contributed by atoms with Gasteiger partial charge >= 0.3 is 0 Å². The van der Waals surface area contributed by atoms with Gasteiger partial charge in [-0.3, -0.25) is 4.79 Å². The molecule has 0 bridgehead atoms. The molecule has 0 saturated carbocycles. The van der Waals surface area contributed by atoms with Gasteiger partial charge in [0.1, 0.15) is 11.5 Å². The number of carbonyl (C=O) groups is 1. The number of anilines is 1. The molecule has 2 aromatic rings. The first kappa shape index (κ1) is 13.5. The highest BCUT2D eigenvalue weighted by Gasteiger charge is 2.09. The Bertz CT molecular complexity index is 605. The first-order valence-corrected chi connectivity index (χ1v) is 6.69. The van der Waals surface area contributed by atoms with E-state index in [2.05, 4.69) is 15.6 Å². The van der Waals surface area contributed by atoms with Crippen LogP contribution in [-0.4, -0.2) is 16.0 Å². The first-order chi connectivity index (χ1) is 9.04. The number of rotatable bonds is 4. The smallest absolute Gasteiger partial charge is 0.217 e. The van der Waals surface area contributed by atoms with E-state index in [1.54, 1.807) is 12.1 Å². The number of nitrogens with zero attached hydrogens (tertiary/aromatic N) is 1. The van der Waals surface area contributed by atoms with Gasteiger partial charge in [-0.15, -0.1) is 11.3 Å². The number of nitrogens with one attached hydrogen (secondary N) is 2. The molecule has 2 heterocycles. The van der Waals surface area contributed by atoms with Crippen molar-refractivity contribution in [1.82, 2.24) is 10.3 Å². The molecule has 19 heavy (non-hydrogen) atoms. The quantitative estimate of drug-likeness (QED) is 0.744. The summed E-state index contributed by atoms with van der Waals surface area (Å²) >= 11 is 6.12. The molecular weight excluding hydrogens is 284 g/mol. The monoisotopic (exact) mass is 296 g/mol. The second-order valence-corrected chi connectivity index (χ2v) is 5.00. The third-order valence-corrected chi connectivity index (χ3v) is 3.02.